The Bertz CT molecular complexity index is 670. The van der Waals surface area contributed by atoms with Crippen LogP contribution in [0.3, 0.4) is 0 Å². The molecule has 1 aromatic carbocycles. The predicted molar refractivity (Wildman–Crippen MR) is 94.1 cm³/mol. The van der Waals surface area contributed by atoms with Gasteiger partial charge in [-0.1, -0.05) is 0 Å². The number of carbonyl (C=O) groups excluding carboxylic acids is 2. The van der Waals surface area contributed by atoms with Crippen LogP contribution in [0.15, 0.2) is 18.2 Å². The van der Waals surface area contributed by atoms with Gasteiger partial charge in [0.25, 0.3) is 5.69 Å². The fourth-order valence-corrected chi connectivity index (χ4v) is 2.88. The summed E-state index contributed by atoms with van der Waals surface area (Å²) in [6.45, 7) is 3.60. The van der Waals surface area contributed by atoms with Gasteiger partial charge in [0.1, 0.15) is 5.75 Å². The van der Waals surface area contributed by atoms with Gasteiger partial charge in [0.2, 0.25) is 5.91 Å². The summed E-state index contributed by atoms with van der Waals surface area (Å²) in [7, 11) is 1.38. The standard InChI is InChI=1S/C17H23N3O6/c1-3-26-17(22)12-6-8-19(9-7-12)11-16(21)18-14-5-4-13(20(23)24)10-15(14)25-2/h4-5,10,12H,3,6-9,11H2,1-2H3,(H,18,21). The largest absolute Gasteiger partial charge is 0.494 e. The zero-order valence-electron chi connectivity index (χ0n) is 14.9. The fourth-order valence-electron chi connectivity index (χ4n) is 2.88. The van der Waals surface area contributed by atoms with Gasteiger partial charge in [-0.05, 0) is 38.9 Å². The van der Waals surface area contributed by atoms with Crippen LogP contribution in [0.1, 0.15) is 19.8 Å². The Morgan fingerprint density at radius 1 is 1.35 bits per heavy atom. The molecule has 0 aromatic heterocycles. The lowest BCUT2D eigenvalue weighted by Gasteiger charge is -2.30. The molecular formula is C17H23N3O6. The highest BCUT2D eigenvalue weighted by molar-refractivity contribution is 5.94. The van der Waals surface area contributed by atoms with E-state index in [1.54, 1.807) is 6.92 Å². The molecule has 1 amide bonds. The van der Waals surface area contributed by atoms with Gasteiger partial charge >= 0.3 is 5.97 Å². The van der Waals surface area contributed by atoms with Gasteiger partial charge in [0.05, 0.1) is 42.9 Å². The SMILES string of the molecule is CCOC(=O)C1CCN(CC(=O)Nc2ccc([N+](=O)[O-])cc2OC)CC1. The van der Waals surface area contributed by atoms with Crippen molar-refractivity contribution in [2.24, 2.45) is 5.92 Å². The number of nitrogens with zero attached hydrogens (tertiary/aromatic N) is 2. The van der Waals surface area contributed by atoms with Crippen molar-refractivity contribution in [1.29, 1.82) is 0 Å². The molecule has 1 saturated heterocycles. The summed E-state index contributed by atoms with van der Waals surface area (Å²) in [5, 5.41) is 13.5. The number of methoxy groups -OCH3 is 1. The van der Waals surface area contributed by atoms with E-state index < -0.39 is 4.92 Å². The molecule has 1 N–H and O–H groups in total. The highest BCUT2D eigenvalue weighted by Crippen LogP contribution is 2.29. The van der Waals surface area contributed by atoms with E-state index in [0.29, 0.717) is 38.2 Å². The van der Waals surface area contributed by atoms with Crippen molar-refractivity contribution in [3.05, 3.63) is 28.3 Å². The molecule has 142 valence electrons. The van der Waals surface area contributed by atoms with Gasteiger partial charge in [-0.2, -0.15) is 0 Å². The Hall–Kier alpha value is -2.68. The molecule has 9 nitrogen and oxygen atoms in total. The van der Waals surface area contributed by atoms with E-state index >= 15 is 0 Å². The molecule has 0 spiro atoms. The summed E-state index contributed by atoms with van der Waals surface area (Å²) < 4.78 is 10.1. The number of hydrogen-bond donors (Lipinski definition) is 1. The van der Waals surface area contributed by atoms with Crippen LogP contribution >= 0.6 is 0 Å². The summed E-state index contributed by atoms with van der Waals surface area (Å²) in [5.41, 5.74) is 0.269. The van der Waals surface area contributed by atoms with Crippen LogP contribution in [0.5, 0.6) is 5.75 Å². The van der Waals surface area contributed by atoms with Gasteiger partial charge in [-0.25, -0.2) is 0 Å². The van der Waals surface area contributed by atoms with Gasteiger partial charge in [-0.3, -0.25) is 24.6 Å². The number of esters is 1. The van der Waals surface area contributed by atoms with Crippen LogP contribution in [0, 0.1) is 16.0 Å². The fraction of sp³-hybridized carbons (Fsp3) is 0.529. The molecule has 9 heteroatoms. The minimum atomic E-state index is -0.526. The lowest BCUT2D eigenvalue weighted by Crippen LogP contribution is -2.41. The van der Waals surface area contributed by atoms with Crippen molar-refractivity contribution in [1.82, 2.24) is 4.90 Å². The molecule has 0 radical (unpaired) electrons. The van der Waals surface area contributed by atoms with Gasteiger partial charge < -0.3 is 14.8 Å². The van der Waals surface area contributed by atoms with Crippen molar-refractivity contribution in [3.63, 3.8) is 0 Å². The van der Waals surface area contributed by atoms with Crippen molar-refractivity contribution >= 4 is 23.3 Å². The maximum atomic E-state index is 12.3. The second-order valence-electron chi connectivity index (χ2n) is 5.99. The number of carbonyl (C=O) groups is 2. The average molecular weight is 365 g/mol. The van der Waals surface area contributed by atoms with E-state index in [2.05, 4.69) is 5.32 Å². The third-order valence-electron chi connectivity index (χ3n) is 4.24. The Kier molecular flexibility index (Phi) is 6.90. The van der Waals surface area contributed by atoms with Gasteiger partial charge in [-0.15, -0.1) is 0 Å². The van der Waals surface area contributed by atoms with E-state index in [1.807, 2.05) is 4.90 Å². The maximum Gasteiger partial charge on any atom is 0.309 e. The van der Waals surface area contributed by atoms with E-state index in [1.165, 1.54) is 25.3 Å². The number of likely N-dealkylation sites (tertiary alicyclic amines) is 1. The van der Waals surface area contributed by atoms with Gasteiger partial charge in [0, 0.05) is 6.07 Å². The highest BCUT2D eigenvalue weighted by atomic mass is 16.6. The van der Waals surface area contributed by atoms with Gasteiger partial charge in [0.15, 0.2) is 0 Å². The van der Waals surface area contributed by atoms with Crippen LogP contribution in [0.2, 0.25) is 0 Å². The number of amides is 1. The number of rotatable bonds is 7. The number of nitro groups is 1. The van der Waals surface area contributed by atoms with E-state index in [-0.39, 0.29) is 35.8 Å². The highest BCUT2D eigenvalue weighted by Gasteiger charge is 2.27. The Labute approximate surface area is 151 Å². The number of hydrogen-bond acceptors (Lipinski definition) is 7. The summed E-state index contributed by atoms with van der Waals surface area (Å²) in [6, 6.07) is 4.02. The van der Waals surface area contributed by atoms with Crippen LogP contribution < -0.4 is 10.1 Å². The second-order valence-corrected chi connectivity index (χ2v) is 5.99. The minimum absolute atomic E-state index is 0.107. The van der Waals surface area contributed by atoms with E-state index in [0.717, 1.165) is 0 Å². The normalized spacial score (nSPS) is 15.3. The lowest BCUT2D eigenvalue weighted by molar-refractivity contribution is -0.384. The Morgan fingerprint density at radius 3 is 2.62 bits per heavy atom. The molecular weight excluding hydrogens is 342 g/mol. The molecule has 1 fully saturated rings. The number of benzene rings is 1. The molecule has 2 rings (SSSR count). The summed E-state index contributed by atoms with van der Waals surface area (Å²) in [5.74, 6) is -0.295. The monoisotopic (exact) mass is 365 g/mol. The smallest absolute Gasteiger partial charge is 0.309 e. The zero-order valence-corrected chi connectivity index (χ0v) is 14.9. The van der Waals surface area contributed by atoms with Crippen molar-refractivity contribution < 1.29 is 24.0 Å². The molecule has 0 aliphatic carbocycles. The van der Waals surface area contributed by atoms with E-state index in [9.17, 15) is 19.7 Å². The molecule has 0 bridgehead atoms. The topological polar surface area (TPSA) is 111 Å². The number of ether oxygens (including phenoxy) is 2. The molecule has 0 atom stereocenters. The third-order valence-corrected chi connectivity index (χ3v) is 4.24. The molecule has 1 aliphatic heterocycles. The van der Waals surface area contributed by atoms with Crippen LogP contribution in [0.25, 0.3) is 0 Å². The summed E-state index contributed by atoms with van der Waals surface area (Å²) in [4.78, 5) is 36.2. The number of piperidine rings is 1. The molecule has 1 aliphatic rings. The number of anilines is 1. The van der Waals surface area contributed by atoms with Crippen molar-refractivity contribution in [2.75, 3.05) is 38.7 Å². The minimum Gasteiger partial charge on any atom is -0.494 e. The molecule has 0 saturated carbocycles. The van der Waals surface area contributed by atoms with Crippen LogP contribution in [-0.4, -0.2) is 55.1 Å². The first kappa shape index (κ1) is 19.6. The molecule has 26 heavy (non-hydrogen) atoms. The number of nitro benzene ring substituents is 1. The van der Waals surface area contributed by atoms with Crippen molar-refractivity contribution in [3.8, 4) is 5.75 Å². The molecule has 0 unspecified atom stereocenters. The van der Waals surface area contributed by atoms with Crippen LogP contribution in [-0.2, 0) is 14.3 Å². The first-order valence-corrected chi connectivity index (χ1v) is 8.45. The van der Waals surface area contributed by atoms with E-state index in [4.69, 9.17) is 9.47 Å². The Balaban J connectivity index is 1.88. The zero-order chi connectivity index (χ0) is 19.1. The quantitative estimate of drug-likeness (QED) is 0.446. The average Bonchev–Trinajstić information content (AvgIpc) is 2.62. The predicted octanol–water partition coefficient (Wildman–Crippen LogP) is 1.82. The number of nitrogens with one attached hydrogen (secondary N) is 1. The first-order chi connectivity index (χ1) is 12.4. The van der Waals surface area contributed by atoms with Crippen LogP contribution in [0.4, 0.5) is 11.4 Å². The summed E-state index contributed by atoms with van der Waals surface area (Å²) >= 11 is 0. The maximum absolute atomic E-state index is 12.3. The molecule has 1 heterocycles. The lowest BCUT2D eigenvalue weighted by atomic mass is 9.97. The molecule has 1 aromatic rings. The van der Waals surface area contributed by atoms with Crippen molar-refractivity contribution in [2.45, 2.75) is 19.8 Å². The first-order valence-electron chi connectivity index (χ1n) is 8.45. The number of non-ortho nitro benzene ring substituents is 1. The second kappa shape index (κ2) is 9.14. The third kappa shape index (κ3) is 5.16. The Morgan fingerprint density at radius 2 is 2.04 bits per heavy atom. The summed E-state index contributed by atoms with van der Waals surface area (Å²) in [6.07, 6.45) is 1.32.